The van der Waals surface area contributed by atoms with Crippen molar-refractivity contribution in [2.24, 2.45) is 0 Å². The second kappa shape index (κ2) is 7.50. The van der Waals surface area contributed by atoms with Crippen LogP contribution in [0.3, 0.4) is 0 Å². The van der Waals surface area contributed by atoms with Gasteiger partial charge in [-0.05, 0) is 49.7 Å². The fraction of sp³-hybridized carbons (Fsp3) is 0.211. The van der Waals surface area contributed by atoms with Crippen molar-refractivity contribution < 1.29 is 4.79 Å². The number of hydrogen-bond donors (Lipinski definition) is 0. The van der Waals surface area contributed by atoms with Gasteiger partial charge in [-0.25, -0.2) is 0 Å². The quantitative estimate of drug-likeness (QED) is 0.569. The molecule has 0 bridgehead atoms. The Balaban J connectivity index is 0.00000210. The Bertz CT molecular complexity index is 1020. The summed E-state index contributed by atoms with van der Waals surface area (Å²) in [4.78, 5) is 19.2. The first-order valence-electron chi connectivity index (χ1n) is 8.23. The van der Waals surface area contributed by atoms with Gasteiger partial charge in [0.25, 0.3) is 5.91 Å². The van der Waals surface area contributed by atoms with Crippen LogP contribution in [0.15, 0.2) is 42.7 Å². The minimum Gasteiger partial charge on any atom is -0.305 e. The largest absolute Gasteiger partial charge is 0.305 e. The highest BCUT2D eigenvalue weighted by atomic mass is 35.5. The van der Waals surface area contributed by atoms with Gasteiger partial charge in [-0.15, -0.1) is 12.4 Å². The Morgan fingerprint density at radius 2 is 1.93 bits per heavy atom. The van der Waals surface area contributed by atoms with E-state index in [1.54, 1.807) is 40.2 Å². The van der Waals surface area contributed by atoms with E-state index in [-0.39, 0.29) is 24.4 Å². The first kappa shape index (κ1) is 19.7. The third kappa shape index (κ3) is 3.43. The number of carbonyl (C=O) groups is 1. The van der Waals surface area contributed by atoms with Crippen molar-refractivity contribution in [1.82, 2.24) is 14.8 Å². The van der Waals surface area contributed by atoms with Crippen LogP contribution in [-0.4, -0.2) is 27.2 Å². The Morgan fingerprint density at radius 1 is 1.15 bits per heavy atom. The van der Waals surface area contributed by atoms with Crippen LogP contribution in [0.25, 0.3) is 11.1 Å². The predicted octanol–water partition coefficient (Wildman–Crippen LogP) is 5.20. The zero-order valence-corrected chi connectivity index (χ0v) is 17.0. The van der Waals surface area contributed by atoms with Gasteiger partial charge in [-0.2, -0.15) is 5.10 Å². The van der Waals surface area contributed by atoms with Crippen LogP contribution in [0.2, 0.25) is 10.0 Å². The molecule has 1 unspecified atom stereocenters. The fourth-order valence-electron chi connectivity index (χ4n) is 3.26. The summed E-state index contributed by atoms with van der Waals surface area (Å²) in [6.45, 7) is 4.47. The number of rotatable bonds is 2. The second-order valence-corrected chi connectivity index (χ2v) is 7.21. The van der Waals surface area contributed by atoms with Crippen LogP contribution >= 0.6 is 35.6 Å². The number of anilines is 1. The van der Waals surface area contributed by atoms with E-state index in [1.807, 2.05) is 26.0 Å². The maximum absolute atomic E-state index is 13.3. The predicted molar refractivity (Wildman–Crippen MR) is 110 cm³/mol. The lowest BCUT2D eigenvalue weighted by molar-refractivity contribution is 0.0954. The lowest BCUT2D eigenvalue weighted by Crippen LogP contribution is -2.42. The standard InChI is InChI=1S/C19H16Cl2N4O.ClH/c1-11-7-13(5-6-22-11)15-9-23-25-12(2)10-24(19(26)18(15)25)14-3-4-16(20)17(21)8-14;/h3-9,12H,10H2,1-2H3;1H. The summed E-state index contributed by atoms with van der Waals surface area (Å²) in [7, 11) is 0. The molecule has 0 aliphatic carbocycles. The molecule has 0 spiro atoms. The molecule has 3 aromatic rings. The molecule has 5 nitrogen and oxygen atoms in total. The normalized spacial score (nSPS) is 16.1. The topological polar surface area (TPSA) is 51.0 Å². The van der Waals surface area contributed by atoms with E-state index in [9.17, 15) is 4.79 Å². The van der Waals surface area contributed by atoms with Crippen molar-refractivity contribution in [1.29, 1.82) is 0 Å². The van der Waals surface area contributed by atoms with Crippen LogP contribution < -0.4 is 4.90 Å². The number of nitrogens with zero attached hydrogens (tertiary/aromatic N) is 4. The molecule has 2 aromatic heterocycles. The number of benzene rings is 1. The summed E-state index contributed by atoms with van der Waals surface area (Å²) in [6, 6.07) is 9.11. The lowest BCUT2D eigenvalue weighted by atomic mass is 10.0. The monoisotopic (exact) mass is 422 g/mol. The maximum atomic E-state index is 13.3. The Morgan fingerprint density at radius 3 is 2.63 bits per heavy atom. The van der Waals surface area contributed by atoms with Gasteiger partial charge in [-0.1, -0.05) is 23.2 Å². The first-order chi connectivity index (χ1) is 12.5. The van der Waals surface area contributed by atoms with Gasteiger partial charge < -0.3 is 4.90 Å². The number of pyridine rings is 1. The molecule has 1 aliphatic heterocycles. The minimum absolute atomic E-state index is 0. The molecule has 0 saturated heterocycles. The molecule has 0 radical (unpaired) electrons. The molecular weight excluding hydrogens is 407 g/mol. The summed E-state index contributed by atoms with van der Waals surface area (Å²) in [5, 5.41) is 5.34. The van der Waals surface area contributed by atoms with Crippen LogP contribution in [0.4, 0.5) is 5.69 Å². The van der Waals surface area contributed by atoms with Crippen LogP contribution in [-0.2, 0) is 0 Å². The molecular formula is C19H17Cl3N4O. The molecule has 3 heterocycles. The molecule has 140 valence electrons. The van der Waals surface area contributed by atoms with Gasteiger partial charge in [0.1, 0.15) is 5.69 Å². The minimum atomic E-state index is -0.108. The van der Waals surface area contributed by atoms with Gasteiger partial charge in [0.15, 0.2) is 0 Å². The lowest BCUT2D eigenvalue weighted by Gasteiger charge is -2.32. The van der Waals surface area contributed by atoms with Gasteiger partial charge in [-0.3, -0.25) is 14.5 Å². The van der Waals surface area contributed by atoms with Crippen molar-refractivity contribution >= 4 is 47.2 Å². The molecule has 1 aromatic carbocycles. The average Bonchev–Trinajstić information content (AvgIpc) is 3.06. The summed E-state index contributed by atoms with van der Waals surface area (Å²) >= 11 is 12.2. The maximum Gasteiger partial charge on any atom is 0.277 e. The van der Waals surface area contributed by atoms with Gasteiger partial charge in [0.05, 0.1) is 22.3 Å². The van der Waals surface area contributed by atoms with Crippen LogP contribution in [0, 0.1) is 6.92 Å². The molecule has 0 saturated carbocycles. The molecule has 0 N–H and O–H groups in total. The highest BCUT2D eigenvalue weighted by Gasteiger charge is 2.33. The molecule has 1 atom stereocenters. The highest BCUT2D eigenvalue weighted by Crippen LogP contribution is 2.34. The molecule has 1 aliphatic rings. The third-order valence-electron chi connectivity index (χ3n) is 4.53. The smallest absolute Gasteiger partial charge is 0.277 e. The van der Waals surface area contributed by atoms with Crippen molar-refractivity contribution in [3.8, 4) is 11.1 Å². The molecule has 8 heteroatoms. The molecule has 4 rings (SSSR count). The Labute approximate surface area is 173 Å². The number of aryl methyl sites for hydroxylation is 1. The Hall–Kier alpha value is -2.08. The number of halogens is 3. The van der Waals surface area contributed by atoms with E-state index < -0.39 is 0 Å². The summed E-state index contributed by atoms with van der Waals surface area (Å²) in [5.74, 6) is -0.108. The van der Waals surface area contributed by atoms with E-state index in [2.05, 4.69) is 10.1 Å². The van der Waals surface area contributed by atoms with Gasteiger partial charge in [0, 0.05) is 29.7 Å². The van der Waals surface area contributed by atoms with Crippen LogP contribution in [0.1, 0.15) is 29.1 Å². The van der Waals surface area contributed by atoms with Gasteiger partial charge in [0.2, 0.25) is 0 Å². The second-order valence-electron chi connectivity index (χ2n) is 6.40. The van der Waals surface area contributed by atoms with E-state index in [1.165, 1.54) is 0 Å². The SMILES string of the molecule is Cc1cc(-c2cnn3c2C(=O)N(c2ccc(Cl)c(Cl)c2)CC3C)ccn1.Cl. The fourth-order valence-corrected chi connectivity index (χ4v) is 3.55. The molecule has 1 amide bonds. The number of carbonyl (C=O) groups excluding carboxylic acids is 1. The number of hydrogen-bond acceptors (Lipinski definition) is 3. The van der Waals surface area contributed by atoms with Crippen molar-refractivity contribution in [2.75, 3.05) is 11.4 Å². The van der Waals surface area contributed by atoms with Crippen LogP contribution in [0.5, 0.6) is 0 Å². The van der Waals surface area contributed by atoms with Crippen molar-refractivity contribution in [2.45, 2.75) is 19.9 Å². The van der Waals surface area contributed by atoms with Crippen molar-refractivity contribution in [3.05, 3.63) is 64.2 Å². The van der Waals surface area contributed by atoms with E-state index in [4.69, 9.17) is 23.2 Å². The average molecular weight is 424 g/mol. The molecule has 27 heavy (non-hydrogen) atoms. The summed E-state index contributed by atoms with van der Waals surface area (Å²) < 4.78 is 1.79. The zero-order valence-electron chi connectivity index (χ0n) is 14.7. The zero-order chi connectivity index (χ0) is 18.4. The van der Waals surface area contributed by atoms with E-state index in [0.29, 0.717) is 22.3 Å². The highest BCUT2D eigenvalue weighted by molar-refractivity contribution is 6.42. The van der Waals surface area contributed by atoms with Gasteiger partial charge >= 0.3 is 0 Å². The number of amides is 1. The summed E-state index contributed by atoms with van der Waals surface area (Å²) in [5.41, 5.74) is 3.91. The summed E-state index contributed by atoms with van der Waals surface area (Å²) in [6.07, 6.45) is 3.49. The Kier molecular flexibility index (Phi) is 5.47. The van der Waals surface area contributed by atoms with E-state index >= 15 is 0 Å². The van der Waals surface area contributed by atoms with E-state index in [0.717, 1.165) is 22.5 Å². The van der Waals surface area contributed by atoms with Crippen molar-refractivity contribution in [3.63, 3.8) is 0 Å². The third-order valence-corrected chi connectivity index (χ3v) is 5.27. The molecule has 0 fully saturated rings. The first-order valence-corrected chi connectivity index (χ1v) is 8.98. The number of aromatic nitrogens is 3. The number of fused-ring (bicyclic) bond motifs is 1.